The smallest absolute Gasteiger partial charge is 0.287 e. The molecule has 1 heterocycles. The molecule has 0 aliphatic carbocycles. The van der Waals surface area contributed by atoms with Crippen LogP contribution in [0.3, 0.4) is 0 Å². The van der Waals surface area contributed by atoms with Crippen LogP contribution in [0.25, 0.3) is 0 Å². The van der Waals surface area contributed by atoms with Crippen molar-refractivity contribution in [3.05, 3.63) is 29.6 Å². The van der Waals surface area contributed by atoms with E-state index in [2.05, 4.69) is 4.98 Å². The maximum absolute atomic E-state index is 12.6. The number of halogens is 2. The second kappa shape index (κ2) is 4.98. The predicted molar refractivity (Wildman–Crippen MR) is 53.3 cm³/mol. The van der Waals surface area contributed by atoms with Gasteiger partial charge in [0, 0.05) is 5.69 Å². The lowest BCUT2D eigenvalue weighted by atomic mass is 10.3. The summed E-state index contributed by atoms with van der Waals surface area (Å²) in [5, 5.41) is 10.3. The maximum atomic E-state index is 12.6. The van der Waals surface area contributed by atoms with Crippen LogP contribution in [-0.2, 0) is 0 Å². The van der Waals surface area contributed by atoms with Crippen LogP contribution in [0.2, 0.25) is 0 Å². The molecule has 0 fully saturated rings. The average molecular weight is 230 g/mol. The van der Waals surface area contributed by atoms with Gasteiger partial charge in [-0.3, -0.25) is 4.79 Å². The molecule has 0 bridgehead atoms. The molecule has 1 rings (SSSR count). The standard InChI is InChI=1S/C10H12F2N2O2/c1-7-3-2-4-8(14-7)9(16)13-5-10(11,12)6-15/h2-4,15H,5-6H2,1H3,(H,13,16). The summed E-state index contributed by atoms with van der Waals surface area (Å²) >= 11 is 0. The zero-order valence-corrected chi connectivity index (χ0v) is 8.70. The Labute approximate surface area is 91.3 Å². The van der Waals surface area contributed by atoms with E-state index in [9.17, 15) is 13.6 Å². The number of rotatable bonds is 4. The summed E-state index contributed by atoms with van der Waals surface area (Å²) < 4.78 is 25.2. The van der Waals surface area contributed by atoms with Gasteiger partial charge in [0.1, 0.15) is 12.3 Å². The number of aliphatic hydroxyl groups excluding tert-OH is 1. The molecule has 0 saturated heterocycles. The first-order valence-corrected chi connectivity index (χ1v) is 4.65. The molecule has 1 amide bonds. The first kappa shape index (κ1) is 12.5. The summed E-state index contributed by atoms with van der Waals surface area (Å²) in [5.41, 5.74) is 0.704. The van der Waals surface area contributed by atoms with Gasteiger partial charge in [-0.1, -0.05) is 6.07 Å². The van der Waals surface area contributed by atoms with E-state index in [0.29, 0.717) is 5.69 Å². The number of hydrogen-bond acceptors (Lipinski definition) is 3. The van der Waals surface area contributed by atoms with Crippen LogP contribution < -0.4 is 5.32 Å². The van der Waals surface area contributed by atoms with Crippen molar-refractivity contribution < 1.29 is 18.7 Å². The van der Waals surface area contributed by atoms with Gasteiger partial charge in [-0.2, -0.15) is 0 Å². The first-order chi connectivity index (χ1) is 7.44. The molecule has 0 atom stereocenters. The van der Waals surface area contributed by atoms with Gasteiger partial charge < -0.3 is 10.4 Å². The molecule has 0 aromatic carbocycles. The number of amides is 1. The Balaban J connectivity index is 2.60. The van der Waals surface area contributed by atoms with Crippen molar-refractivity contribution >= 4 is 5.91 Å². The molecular formula is C10H12F2N2O2. The third-order valence-corrected chi connectivity index (χ3v) is 1.86. The van der Waals surface area contributed by atoms with Gasteiger partial charge in [-0.05, 0) is 19.1 Å². The summed E-state index contributed by atoms with van der Waals surface area (Å²) in [6.07, 6.45) is 0. The molecule has 0 unspecified atom stereocenters. The van der Waals surface area contributed by atoms with Gasteiger partial charge in [0.15, 0.2) is 0 Å². The van der Waals surface area contributed by atoms with E-state index in [4.69, 9.17) is 5.11 Å². The van der Waals surface area contributed by atoms with Crippen molar-refractivity contribution in [1.82, 2.24) is 10.3 Å². The minimum Gasteiger partial charge on any atom is -0.390 e. The first-order valence-electron chi connectivity index (χ1n) is 4.65. The van der Waals surface area contributed by atoms with Crippen molar-refractivity contribution in [2.75, 3.05) is 13.2 Å². The van der Waals surface area contributed by atoms with Gasteiger partial charge in [-0.25, -0.2) is 13.8 Å². The summed E-state index contributed by atoms with van der Waals surface area (Å²) in [4.78, 5) is 15.3. The van der Waals surface area contributed by atoms with Crippen LogP contribution >= 0.6 is 0 Å². The van der Waals surface area contributed by atoms with Crippen LogP contribution in [0.15, 0.2) is 18.2 Å². The van der Waals surface area contributed by atoms with Crippen LogP contribution in [0.5, 0.6) is 0 Å². The second-order valence-electron chi connectivity index (χ2n) is 3.36. The molecule has 16 heavy (non-hydrogen) atoms. The predicted octanol–water partition coefficient (Wildman–Crippen LogP) is 0.747. The van der Waals surface area contributed by atoms with Gasteiger partial charge in [0.25, 0.3) is 11.8 Å². The van der Waals surface area contributed by atoms with Crippen molar-refractivity contribution in [3.8, 4) is 0 Å². The quantitative estimate of drug-likeness (QED) is 0.802. The van der Waals surface area contributed by atoms with E-state index in [1.807, 2.05) is 5.32 Å². The number of carbonyl (C=O) groups is 1. The van der Waals surface area contributed by atoms with E-state index in [0.717, 1.165) is 0 Å². The highest BCUT2D eigenvalue weighted by Crippen LogP contribution is 2.10. The fraction of sp³-hybridized carbons (Fsp3) is 0.400. The fourth-order valence-corrected chi connectivity index (χ4v) is 1.03. The van der Waals surface area contributed by atoms with E-state index in [1.54, 1.807) is 19.1 Å². The highest BCUT2D eigenvalue weighted by molar-refractivity contribution is 5.92. The molecule has 6 heteroatoms. The summed E-state index contributed by atoms with van der Waals surface area (Å²) in [6.45, 7) is -0.508. The van der Waals surface area contributed by atoms with Gasteiger partial charge in [0.05, 0.1) is 6.54 Å². The fourth-order valence-electron chi connectivity index (χ4n) is 1.03. The van der Waals surface area contributed by atoms with Crippen LogP contribution in [0.1, 0.15) is 16.2 Å². The molecule has 2 N–H and O–H groups in total. The second-order valence-corrected chi connectivity index (χ2v) is 3.36. The number of aromatic nitrogens is 1. The lowest BCUT2D eigenvalue weighted by molar-refractivity contribution is -0.0462. The summed E-state index contributed by atoms with van der Waals surface area (Å²) in [5.74, 6) is -3.99. The normalized spacial score (nSPS) is 11.2. The van der Waals surface area contributed by atoms with Crippen LogP contribution in [0, 0.1) is 6.92 Å². The van der Waals surface area contributed by atoms with E-state index >= 15 is 0 Å². The number of hydrogen-bond donors (Lipinski definition) is 2. The van der Waals surface area contributed by atoms with Crippen LogP contribution in [0.4, 0.5) is 8.78 Å². The monoisotopic (exact) mass is 230 g/mol. The lowest BCUT2D eigenvalue weighted by Crippen LogP contribution is -2.39. The Morgan fingerprint density at radius 1 is 1.56 bits per heavy atom. The zero-order chi connectivity index (χ0) is 12.2. The van der Waals surface area contributed by atoms with Crippen molar-refractivity contribution in [2.24, 2.45) is 0 Å². The molecule has 1 aromatic rings. The third kappa shape index (κ3) is 3.54. The van der Waals surface area contributed by atoms with Gasteiger partial charge in [0.2, 0.25) is 0 Å². The average Bonchev–Trinajstić information content (AvgIpc) is 2.26. The minimum atomic E-state index is -3.31. The highest BCUT2D eigenvalue weighted by Gasteiger charge is 2.28. The number of alkyl halides is 2. The van der Waals surface area contributed by atoms with Gasteiger partial charge in [-0.15, -0.1) is 0 Å². The minimum absolute atomic E-state index is 0.0775. The maximum Gasteiger partial charge on any atom is 0.287 e. The highest BCUT2D eigenvalue weighted by atomic mass is 19.3. The number of aliphatic hydroxyl groups is 1. The molecule has 0 aliphatic rings. The van der Waals surface area contributed by atoms with Crippen molar-refractivity contribution in [1.29, 1.82) is 0 Å². The Morgan fingerprint density at radius 3 is 2.81 bits per heavy atom. The Hall–Kier alpha value is -1.56. The van der Waals surface area contributed by atoms with E-state index in [-0.39, 0.29) is 5.69 Å². The van der Waals surface area contributed by atoms with Crippen molar-refractivity contribution in [2.45, 2.75) is 12.8 Å². The molecule has 0 aliphatic heterocycles. The lowest BCUT2D eigenvalue weighted by Gasteiger charge is -2.13. The van der Waals surface area contributed by atoms with Gasteiger partial charge >= 0.3 is 0 Å². The molecule has 88 valence electrons. The Kier molecular flexibility index (Phi) is 3.89. The topological polar surface area (TPSA) is 62.2 Å². The zero-order valence-electron chi connectivity index (χ0n) is 8.70. The van der Waals surface area contributed by atoms with E-state index < -0.39 is 25.0 Å². The number of nitrogens with zero attached hydrogens (tertiary/aromatic N) is 1. The molecular weight excluding hydrogens is 218 g/mol. The molecule has 0 radical (unpaired) electrons. The number of carbonyl (C=O) groups excluding carboxylic acids is 1. The summed E-state index contributed by atoms with van der Waals surface area (Å²) in [7, 11) is 0. The van der Waals surface area contributed by atoms with Crippen LogP contribution in [-0.4, -0.2) is 35.1 Å². The molecule has 0 spiro atoms. The summed E-state index contributed by atoms with van der Waals surface area (Å²) in [6, 6.07) is 4.74. The third-order valence-electron chi connectivity index (χ3n) is 1.86. The number of pyridine rings is 1. The largest absolute Gasteiger partial charge is 0.390 e. The number of nitrogens with one attached hydrogen (secondary N) is 1. The molecule has 4 nitrogen and oxygen atoms in total. The Morgan fingerprint density at radius 2 is 2.25 bits per heavy atom. The molecule has 0 saturated carbocycles. The number of aryl methyl sites for hydroxylation is 1. The van der Waals surface area contributed by atoms with Crippen molar-refractivity contribution in [3.63, 3.8) is 0 Å². The van der Waals surface area contributed by atoms with E-state index in [1.165, 1.54) is 6.07 Å². The molecule has 1 aromatic heterocycles. The Bertz CT molecular complexity index is 383. The SMILES string of the molecule is Cc1cccc(C(=O)NCC(F)(F)CO)n1.